The smallest absolute Gasteiger partial charge is 0.208 e. The SMILES string of the molecule is COc1cccc2oc3cc(C)c(O)c(O)c3c(=O)c12. The van der Waals surface area contributed by atoms with Gasteiger partial charge >= 0.3 is 0 Å². The van der Waals surface area contributed by atoms with Crippen molar-refractivity contribution in [3.05, 3.63) is 40.1 Å². The maximum absolute atomic E-state index is 12.5. The summed E-state index contributed by atoms with van der Waals surface area (Å²) in [5, 5.41) is 19.9. The van der Waals surface area contributed by atoms with E-state index in [1.165, 1.54) is 13.2 Å². The summed E-state index contributed by atoms with van der Waals surface area (Å²) >= 11 is 0. The third-order valence-corrected chi connectivity index (χ3v) is 3.31. The van der Waals surface area contributed by atoms with Crippen molar-refractivity contribution in [1.82, 2.24) is 0 Å². The van der Waals surface area contributed by atoms with E-state index in [2.05, 4.69) is 0 Å². The first-order chi connectivity index (χ1) is 9.54. The maximum Gasteiger partial charge on any atom is 0.208 e. The van der Waals surface area contributed by atoms with Crippen LogP contribution in [0.15, 0.2) is 33.5 Å². The molecule has 0 radical (unpaired) electrons. The van der Waals surface area contributed by atoms with Gasteiger partial charge in [0.2, 0.25) is 5.43 Å². The molecule has 5 heteroatoms. The van der Waals surface area contributed by atoms with Crippen LogP contribution in [0.4, 0.5) is 0 Å². The Morgan fingerprint density at radius 2 is 1.85 bits per heavy atom. The van der Waals surface area contributed by atoms with Crippen molar-refractivity contribution in [3.63, 3.8) is 0 Å². The molecule has 102 valence electrons. The van der Waals surface area contributed by atoms with E-state index in [-0.39, 0.29) is 22.1 Å². The molecule has 0 unspecified atom stereocenters. The van der Waals surface area contributed by atoms with Crippen molar-refractivity contribution in [2.75, 3.05) is 7.11 Å². The molecule has 3 aromatic rings. The number of benzene rings is 2. The zero-order valence-corrected chi connectivity index (χ0v) is 10.9. The summed E-state index contributed by atoms with van der Waals surface area (Å²) in [6.07, 6.45) is 0. The van der Waals surface area contributed by atoms with Crippen LogP contribution in [-0.4, -0.2) is 17.3 Å². The Morgan fingerprint density at radius 1 is 1.10 bits per heavy atom. The average Bonchev–Trinajstić information content (AvgIpc) is 2.44. The second-order valence-electron chi connectivity index (χ2n) is 4.53. The molecule has 0 atom stereocenters. The molecule has 2 N–H and O–H groups in total. The van der Waals surface area contributed by atoms with Gasteiger partial charge in [-0.1, -0.05) is 6.07 Å². The van der Waals surface area contributed by atoms with E-state index in [1.807, 2.05) is 0 Å². The number of hydrogen-bond donors (Lipinski definition) is 2. The monoisotopic (exact) mass is 272 g/mol. The van der Waals surface area contributed by atoms with Crippen molar-refractivity contribution < 1.29 is 19.4 Å². The molecule has 0 amide bonds. The molecular weight excluding hydrogens is 260 g/mol. The van der Waals surface area contributed by atoms with Gasteiger partial charge in [-0.3, -0.25) is 4.79 Å². The second-order valence-corrected chi connectivity index (χ2v) is 4.53. The van der Waals surface area contributed by atoms with Crippen molar-refractivity contribution in [3.8, 4) is 17.2 Å². The van der Waals surface area contributed by atoms with E-state index in [0.29, 0.717) is 16.9 Å². The summed E-state index contributed by atoms with van der Waals surface area (Å²) in [6, 6.07) is 6.52. The summed E-state index contributed by atoms with van der Waals surface area (Å²) in [7, 11) is 1.45. The van der Waals surface area contributed by atoms with E-state index in [1.54, 1.807) is 25.1 Å². The quantitative estimate of drug-likeness (QED) is 0.526. The minimum Gasteiger partial charge on any atom is -0.504 e. The molecule has 2 aromatic carbocycles. The van der Waals surface area contributed by atoms with E-state index in [9.17, 15) is 15.0 Å². The molecule has 0 bridgehead atoms. The number of phenolic OH excluding ortho intramolecular Hbond substituents is 2. The summed E-state index contributed by atoms with van der Waals surface area (Å²) in [5.41, 5.74) is 0.585. The second kappa shape index (κ2) is 4.16. The highest BCUT2D eigenvalue weighted by Crippen LogP contribution is 2.37. The predicted octanol–water partition coefficient (Wildman–Crippen LogP) is 2.67. The molecule has 1 heterocycles. The lowest BCUT2D eigenvalue weighted by molar-refractivity contribution is 0.404. The molecule has 20 heavy (non-hydrogen) atoms. The van der Waals surface area contributed by atoms with Crippen molar-refractivity contribution >= 4 is 21.9 Å². The van der Waals surface area contributed by atoms with Crippen LogP contribution in [-0.2, 0) is 0 Å². The van der Waals surface area contributed by atoms with Gasteiger partial charge in [-0.05, 0) is 30.7 Å². The predicted molar refractivity (Wildman–Crippen MR) is 74.6 cm³/mol. The largest absolute Gasteiger partial charge is 0.504 e. The molecular formula is C15H12O5. The zero-order chi connectivity index (χ0) is 14.4. The summed E-state index contributed by atoms with van der Waals surface area (Å²) in [4.78, 5) is 12.5. The van der Waals surface area contributed by atoms with Crippen LogP contribution in [0.2, 0.25) is 0 Å². The van der Waals surface area contributed by atoms with Crippen LogP contribution >= 0.6 is 0 Å². The fourth-order valence-corrected chi connectivity index (χ4v) is 2.29. The first-order valence-electron chi connectivity index (χ1n) is 5.99. The number of fused-ring (bicyclic) bond motifs is 2. The first-order valence-corrected chi connectivity index (χ1v) is 5.99. The Morgan fingerprint density at radius 3 is 2.55 bits per heavy atom. The van der Waals surface area contributed by atoms with Crippen LogP contribution in [0.1, 0.15) is 5.56 Å². The third kappa shape index (κ3) is 1.53. The minimum absolute atomic E-state index is 0.0508. The molecule has 0 aliphatic rings. The Hall–Kier alpha value is -2.69. The van der Waals surface area contributed by atoms with Gasteiger partial charge in [0.1, 0.15) is 27.7 Å². The molecule has 0 aliphatic carbocycles. The number of aromatic hydroxyl groups is 2. The lowest BCUT2D eigenvalue weighted by Crippen LogP contribution is -2.04. The van der Waals surface area contributed by atoms with Gasteiger partial charge in [0.15, 0.2) is 11.5 Å². The Kier molecular flexibility index (Phi) is 2.57. The third-order valence-electron chi connectivity index (χ3n) is 3.31. The van der Waals surface area contributed by atoms with Gasteiger partial charge in [0, 0.05) is 0 Å². The van der Waals surface area contributed by atoms with Crippen LogP contribution in [0.25, 0.3) is 21.9 Å². The van der Waals surface area contributed by atoms with Crippen molar-refractivity contribution in [2.45, 2.75) is 6.92 Å². The molecule has 0 saturated heterocycles. The highest BCUT2D eigenvalue weighted by atomic mass is 16.5. The molecule has 0 fully saturated rings. The van der Waals surface area contributed by atoms with Crippen LogP contribution < -0.4 is 10.2 Å². The Balaban J connectivity index is 2.63. The Bertz CT molecular complexity index is 892. The molecule has 0 spiro atoms. The maximum atomic E-state index is 12.5. The fraction of sp³-hybridized carbons (Fsp3) is 0.133. The minimum atomic E-state index is -0.471. The highest BCUT2D eigenvalue weighted by molar-refractivity contribution is 5.97. The van der Waals surface area contributed by atoms with E-state index in [0.717, 1.165) is 0 Å². The summed E-state index contributed by atoms with van der Waals surface area (Å²) in [6.45, 7) is 1.62. The molecule has 0 saturated carbocycles. The van der Waals surface area contributed by atoms with Gasteiger partial charge in [-0.15, -0.1) is 0 Å². The van der Waals surface area contributed by atoms with Crippen molar-refractivity contribution in [1.29, 1.82) is 0 Å². The number of rotatable bonds is 1. The average molecular weight is 272 g/mol. The number of phenols is 2. The number of methoxy groups -OCH3 is 1. The lowest BCUT2D eigenvalue weighted by Gasteiger charge is -2.09. The van der Waals surface area contributed by atoms with E-state index >= 15 is 0 Å². The van der Waals surface area contributed by atoms with Gasteiger partial charge in [0.25, 0.3) is 0 Å². The van der Waals surface area contributed by atoms with Gasteiger partial charge < -0.3 is 19.4 Å². The zero-order valence-electron chi connectivity index (χ0n) is 10.9. The van der Waals surface area contributed by atoms with E-state index in [4.69, 9.17) is 9.15 Å². The molecule has 3 rings (SSSR count). The lowest BCUT2D eigenvalue weighted by atomic mass is 10.1. The highest BCUT2D eigenvalue weighted by Gasteiger charge is 2.18. The normalized spacial score (nSPS) is 11.1. The standard InChI is InChI=1S/C15H12O5/c1-7-6-10-12(15(18)13(7)16)14(17)11-8(19-2)4-3-5-9(11)20-10/h3-6,16,18H,1-2H3. The summed E-state index contributed by atoms with van der Waals surface area (Å²) < 4.78 is 10.8. The molecule has 0 aliphatic heterocycles. The van der Waals surface area contributed by atoms with Gasteiger partial charge in [-0.2, -0.15) is 0 Å². The first kappa shape index (κ1) is 12.3. The van der Waals surface area contributed by atoms with Crippen LogP contribution in [0, 0.1) is 6.92 Å². The van der Waals surface area contributed by atoms with Gasteiger partial charge in [0.05, 0.1) is 7.11 Å². The van der Waals surface area contributed by atoms with Crippen LogP contribution in [0.5, 0.6) is 17.2 Å². The van der Waals surface area contributed by atoms with Crippen LogP contribution in [0.3, 0.4) is 0 Å². The molecule has 1 aromatic heterocycles. The van der Waals surface area contributed by atoms with E-state index < -0.39 is 11.2 Å². The van der Waals surface area contributed by atoms with Crippen molar-refractivity contribution in [2.24, 2.45) is 0 Å². The number of aryl methyl sites for hydroxylation is 1. The number of hydrogen-bond acceptors (Lipinski definition) is 5. The topological polar surface area (TPSA) is 79.9 Å². The Labute approximate surface area is 113 Å². The number of ether oxygens (including phenoxy) is 1. The fourth-order valence-electron chi connectivity index (χ4n) is 2.29. The molecule has 5 nitrogen and oxygen atoms in total. The summed E-state index contributed by atoms with van der Waals surface area (Å²) in [5.74, 6) is -0.432. The van der Waals surface area contributed by atoms with Gasteiger partial charge in [-0.25, -0.2) is 0 Å².